The van der Waals surface area contributed by atoms with Crippen molar-refractivity contribution in [3.63, 3.8) is 0 Å². The van der Waals surface area contributed by atoms with Gasteiger partial charge in [-0.15, -0.1) is 11.8 Å². The Bertz CT molecular complexity index is 638. The molecule has 2 rings (SSSR count). The van der Waals surface area contributed by atoms with Crippen LogP contribution < -0.4 is 5.73 Å². The van der Waals surface area contributed by atoms with Crippen LogP contribution in [0.1, 0.15) is 16.7 Å². The number of hydrogen-bond donors (Lipinski definition) is 1. The van der Waals surface area contributed by atoms with Crippen molar-refractivity contribution in [3.05, 3.63) is 65.0 Å². The Morgan fingerprint density at radius 2 is 1.90 bits per heavy atom. The second-order valence-electron chi connectivity index (χ2n) is 4.41. The third kappa shape index (κ3) is 4.12. The quantitative estimate of drug-likeness (QED) is 0.687. The summed E-state index contributed by atoms with van der Waals surface area (Å²) in [5.74, 6) is 5.95. The van der Waals surface area contributed by atoms with Gasteiger partial charge in [-0.1, -0.05) is 35.6 Å². The van der Waals surface area contributed by atoms with Crippen molar-refractivity contribution >= 4 is 11.8 Å². The number of aryl methyl sites for hydroxylation is 1. The molecular formula is C17H16FNS. The third-order valence-corrected chi connectivity index (χ3v) is 3.86. The Morgan fingerprint density at radius 1 is 1.15 bits per heavy atom. The van der Waals surface area contributed by atoms with Gasteiger partial charge in [-0.25, -0.2) is 4.39 Å². The summed E-state index contributed by atoms with van der Waals surface area (Å²) in [5.41, 5.74) is 7.87. The molecule has 0 spiro atoms. The van der Waals surface area contributed by atoms with Crippen LogP contribution in [0.15, 0.2) is 47.4 Å². The van der Waals surface area contributed by atoms with Crippen molar-refractivity contribution < 1.29 is 4.39 Å². The van der Waals surface area contributed by atoms with Crippen LogP contribution in [0.25, 0.3) is 0 Å². The fraction of sp³-hybridized carbons (Fsp3) is 0.176. The highest BCUT2D eigenvalue weighted by atomic mass is 32.2. The number of benzene rings is 2. The fourth-order valence-corrected chi connectivity index (χ4v) is 2.58. The van der Waals surface area contributed by atoms with Crippen LogP contribution in [0.4, 0.5) is 4.39 Å². The molecule has 0 amide bonds. The summed E-state index contributed by atoms with van der Waals surface area (Å²) in [6.07, 6.45) is 0. The van der Waals surface area contributed by atoms with Crippen molar-refractivity contribution in [2.45, 2.75) is 17.6 Å². The minimum absolute atomic E-state index is 0.214. The summed E-state index contributed by atoms with van der Waals surface area (Å²) in [7, 11) is 0. The highest BCUT2D eigenvalue weighted by Gasteiger charge is 2.04. The zero-order valence-electron chi connectivity index (χ0n) is 11.3. The fourth-order valence-electron chi connectivity index (χ4n) is 1.69. The third-order valence-electron chi connectivity index (χ3n) is 2.80. The topological polar surface area (TPSA) is 26.0 Å². The minimum atomic E-state index is -0.214. The number of thioether (sulfide) groups is 1. The molecule has 0 aliphatic rings. The van der Waals surface area contributed by atoms with Gasteiger partial charge in [-0.05, 0) is 36.8 Å². The van der Waals surface area contributed by atoms with Gasteiger partial charge >= 0.3 is 0 Å². The van der Waals surface area contributed by atoms with E-state index in [2.05, 4.69) is 43.0 Å². The van der Waals surface area contributed by atoms with Gasteiger partial charge in [-0.3, -0.25) is 0 Å². The van der Waals surface area contributed by atoms with Crippen LogP contribution in [0.2, 0.25) is 0 Å². The van der Waals surface area contributed by atoms with Gasteiger partial charge in [0.25, 0.3) is 0 Å². The van der Waals surface area contributed by atoms with E-state index in [-0.39, 0.29) is 12.4 Å². The molecule has 20 heavy (non-hydrogen) atoms. The van der Waals surface area contributed by atoms with Gasteiger partial charge in [-0.2, -0.15) is 0 Å². The zero-order chi connectivity index (χ0) is 14.4. The van der Waals surface area contributed by atoms with E-state index in [4.69, 9.17) is 5.73 Å². The van der Waals surface area contributed by atoms with Gasteiger partial charge in [0.2, 0.25) is 0 Å². The number of halogens is 1. The first-order valence-corrected chi connectivity index (χ1v) is 7.34. The largest absolute Gasteiger partial charge is 0.320 e. The lowest BCUT2D eigenvalue weighted by Crippen LogP contribution is -1.93. The van der Waals surface area contributed by atoms with Gasteiger partial charge < -0.3 is 5.73 Å². The number of nitrogens with two attached hydrogens (primary N) is 1. The van der Waals surface area contributed by atoms with E-state index in [9.17, 15) is 4.39 Å². The van der Waals surface area contributed by atoms with E-state index < -0.39 is 0 Å². The van der Waals surface area contributed by atoms with E-state index in [1.807, 2.05) is 6.07 Å². The highest BCUT2D eigenvalue weighted by molar-refractivity contribution is 7.98. The molecule has 2 aromatic carbocycles. The standard InChI is InChI=1S/C17H16FNS/c1-13-4-8-16(9-5-13)20-12-15-7-6-14(3-2-10-19)11-17(15)18/h4-9,11H,10,12,19H2,1H3. The van der Waals surface area contributed by atoms with Crippen molar-refractivity contribution in [1.82, 2.24) is 0 Å². The predicted octanol–water partition coefficient (Wildman–Crippen LogP) is 3.74. The summed E-state index contributed by atoms with van der Waals surface area (Å²) < 4.78 is 13.9. The molecule has 0 aromatic heterocycles. The van der Waals surface area contributed by atoms with Crippen molar-refractivity contribution in [3.8, 4) is 11.8 Å². The predicted molar refractivity (Wildman–Crippen MR) is 83.1 cm³/mol. The molecule has 0 atom stereocenters. The summed E-state index contributed by atoms with van der Waals surface area (Å²) >= 11 is 1.62. The number of rotatable bonds is 3. The van der Waals surface area contributed by atoms with Crippen LogP contribution in [-0.4, -0.2) is 6.54 Å². The van der Waals surface area contributed by atoms with Gasteiger partial charge in [0, 0.05) is 16.2 Å². The second kappa shape index (κ2) is 7.14. The smallest absolute Gasteiger partial charge is 0.128 e. The van der Waals surface area contributed by atoms with Gasteiger partial charge in [0.1, 0.15) is 5.82 Å². The van der Waals surface area contributed by atoms with Crippen LogP contribution in [-0.2, 0) is 5.75 Å². The van der Waals surface area contributed by atoms with Crippen LogP contribution in [0.5, 0.6) is 0 Å². The molecular weight excluding hydrogens is 269 g/mol. The maximum absolute atomic E-state index is 13.9. The lowest BCUT2D eigenvalue weighted by molar-refractivity contribution is 0.617. The second-order valence-corrected chi connectivity index (χ2v) is 5.46. The first kappa shape index (κ1) is 14.6. The molecule has 0 saturated carbocycles. The van der Waals surface area contributed by atoms with E-state index in [0.717, 1.165) is 4.90 Å². The maximum Gasteiger partial charge on any atom is 0.128 e. The lowest BCUT2D eigenvalue weighted by Gasteiger charge is -2.04. The molecule has 102 valence electrons. The van der Waals surface area contributed by atoms with Crippen LogP contribution >= 0.6 is 11.8 Å². The van der Waals surface area contributed by atoms with Crippen molar-refractivity contribution in [1.29, 1.82) is 0 Å². The monoisotopic (exact) mass is 285 g/mol. The average molecular weight is 285 g/mol. The van der Waals surface area contributed by atoms with E-state index in [1.54, 1.807) is 17.8 Å². The Hall–Kier alpha value is -1.76. The molecule has 0 aliphatic carbocycles. The Morgan fingerprint density at radius 3 is 2.55 bits per heavy atom. The van der Waals surface area contributed by atoms with Crippen LogP contribution in [0.3, 0.4) is 0 Å². The molecule has 0 aliphatic heterocycles. The Balaban J connectivity index is 2.04. The molecule has 1 nitrogen and oxygen atoms in total. The highest BCUT2D eigenvalue weighted by Crippen LogP contribution is 2.24. The molecule has 0 radical (unpaired) electrons. The first-order valence-electron chi connectivity index (χ1n) is 6.36. The summed E-state index contributed by atoms with van der Waals surface area (Å²) in [4.78, 5) is 1.14. The molecule has 0 heterocycles. The maximum atomic E-state index is 13.9. The molecule has 2 aromatic rings. The molecule has 3 heteroatoms. The lowest BCUT2D eigenvalue weighted by atomic mass is 10.1. The molecule has 0 bridgehead atoms. The van der Waals surface area contributed by atoms with Crippen LogP contribution in [0, 0.1) is 24.6 Å². The van der Waals surface area contributed by atoms with E-state index in [1.165, 1.54) is 11.6 Å². The summed E-state index contributed by atoms with van der Waals surface area (Å²) in [6.45, 7) is 2.34. The summed E-state index contributed by atoms with van der Waals surface area (Å²) in [5, 5.41) is 0. The first-order chi connectivity index (χ1) is 9.69. The Labute approximate surface area is 123 Å². The number of hydrogen-bond acceptors (Lipinski definition) is 2. The molecule has 0 unspecified atom stereocenters. The Kier molecular flexibility index (Phi) is 5.23. The van der Waals surface area contributed by atoms with Crippen molar-refractivity contribution in [2.24, 2.45) is 5.73 Å². The van der Waals surface area contributed by atoms with Gasteiger partial charge in [0.05, 0.1) is 6.54 Å². The van der Waals surface area contributed by atoms with Crippen molar-refractivity contribution in [2.75, 3.05) is 6.54 Å². The minimum Gasteiger partial charge on any atom is -0.320 e. The molecule has 0 saturated heterocycles. The van der Waals surface area contributed by atoms with E-state index >= 15 is 0 Å². The van der Waals surface area contributed by atoms with Gasteiger partial charge in [0.15, 0.2) is 0 Å². The zero-order valence-corrected chi connectivity index (χ0v) is 12.1. The molecule has 2 N–H and O–H groups in total. The average Bonchev–Trinajstić information content (AvgIpc) is 2.46. The normalized spacial score (nSPS) is 9.95. The summed E-state index contributed by atoms with van der Waals surface area (Å²) in [6, 6.07) is 13.3. The molecule has 0 fully saturated rings. The van der Waals surface area contributed by atoms with E-state index in [0.29, 0.717) is 16.9 Å². The SMILES string of the molecule is Cc1ccc(SCc2ccc(C#CCN)cc2F)cc1.